The van der Waals surface area contributed by atoms with Gasteiger partial charge in [0, 0.05) is 18.0 Å². The van der Waals surface area contributed by atoms with E-state index in [4.69, 9.17) is 5.11 Å². The molecule has 0 radical (unpaired) electrons. The van der Waals surface area contributed by atoms with Crippen LogP contribution in [0.2, 0.25) is 0 Å². The van der Waals surface area contributed by atoms with Gasteiger partial charge in [-0.15, -0.1) is 0 Å². The van der Waals surface area contributed by atoms with Gasteiger partial charge in [0.25, 0.3) is 0 Å². The van der Waals surface area contributed by atoms with Crippen LogP contribution in [0.25, 0.3) is 0 Å². The summed E-state index contributed by atoms with van der Waals surface area (Å²) < 4.78 is 12.5. The fraction of sp³-hybridized carbons (Fsp3) is 0.143. The van der Waals surface area contributed by atoms with Crippen LogP contribution < -0.4 is 5.43 Å². The molecule has 64 valence electrons. The predicted molar refractivity (Wildman–Crippen MR) is 38.4 cm³/mol. The number of H-pyrrole nitrogens is 1. The van der Waals surface area contributed by atoms with E-state index in [-0.39, 0.29) is 5.56 Å². The molecule has 1 aromatic rings. The number of hydrogen-bond acceptors (Lipinski definition) is 2. The fourth-order valence-corrected chi connectivity index (χ4v) is 0.794. The lowest BCUT2D eigenvalue weighted by Crippen LogP contribution is -2.16. The van der Waals surface area contributed by atoms with Crippen molar-refractivity contribution in [1.82, 2.24) is 4.98 Å². The van der Waals surface area contributed by atoms with Crippen molar-refractivity contribution in [1.29, 1.82) is 0 Å². The molecule has 4 nitrogen and oxygen atoms in total. The second kappa shape index (κ2) is 3.17. The van der Waals surface area contributed by atoms with Crippen molar-refractivity contribution in [3.8, 4) is 0 Å². The molecule has 5 heteroatoms. The molecule has 0 atom stereocenters. The molecule has 0 fully saturated rings. The number of carboxylic acids is 1. The second-order valence-electron chi connectivity index (χ2n) is 2.23. The van der Waals surface area contributed by atoms with E-state index in [0.29, 0.717) is 0 Å². The Labute approximate surface area is 66.7 Å². The maximum Gasteiger partial charge on any atom is 0.308 e. The lowest BCUT2D eigenvalue weighted by molar-refractivity contribution is -0.136. The van der Waals surface area contributed by atoms with E-state index >= 15 is 0 Å². The summed E-state index contributed by atoms with van der Waals surface area (Å²) in [5, 5.41) is 8.31. The third-order valence-corrected chi connectivity index (χ3v) is 1.32. The van der Waals surface area contributed by atoms with Gasteiger partial charge in [0.05, 0.1) is 6.42 Å². The summed E-state index contributed by atoms with van der Waals surface area (Å²) in [4.78, 5) is 23.3. The molecule has 0 spiro atoms. The number of halogens is 1. The Kier molecular flexibility index (Phi) is 2.23. The Bertz CT molecular complexity index is 358. The molecule has 0 aliphatic heterocycles. The third-order valence-electron chi connectivity index (χ3n) is 1.32. The van der Waals surface area contributed by atoms with Crippen LogP contribution in [0.1, 0.15) is 5.56 Å². The number of nitrogens with one attached hydrogen (secondary N) is 1. The topological polar surface area (TPSA) is 70.2 Å². The largest absolute Gasteiger partial charge is 0.481 e. The monoisotopic (exact) mass is 171 g/mol. The first-order valence-electron chi connectivity index (χ1n) is 3.18. The first-order chi connectivity index (χ1) is 5.61. The molecule has 1 heterocycles. The molecule has 0 aromatic carbocycles. The molecule has 0 amide bonds. The van der Waals surface area contributed by atoms with Gasteiger partial charge in [-0.05, 0) is 0 Å². The minimum absolute atomic E-state index is 0.0810. The lowest BCUT2D eigenvalue weighted by atomic mass is 10.2. The lowest BCUT2D eigenvalue weighted by Gasteiger charge is -1.94. The zero-order valence-corrected chi connectivity index (χ0v) is 6.00. The van der Waals surface area contributed by atoms with Crippen molar-refractivity contribution in [2.75, 3.05) is 0 Å². The highest BCUT2D eigenvalue weighted by Crippen LogP contribution is 1.93. The number of pyridine rings is 1. The average molecular weight is 171 g/mol. The van der Waals surface area contributed by atoms with E-state index in [2.05, 4.69) is 4.98 Å². The van der Waals surface area contributed by atoms with Crippen molar-refractivity contribution in [3.63, 3.8) is 0 Å². The molecule has 0 bridgehead atoms. The number of carbonyl (C=O) groups is 1. The van der Waals surface area contributed by atoms with Crippen LogP contribution in [0.3, 0.4) is 0 Å². The molecule has 0 saturated carbocycles. The van der Waals surface area contributed by atoms with Gasteiger partial charge in [-0.1, -0.05) is 0 Å². The SMILES string of the molecule is O=C(O)Cc1c[nH]cc(F)c1=O. The van der Waals surface area contributed by atoms with Gasteiger partial charge in [-0.25, -0.2) is 4.39 Å². The number of rotatable bonds is 2. The van der Waals surface area contributed by atoms with E-state index in [9.17, 15) is 14.0 Å². The molecule has 0 saturated heterocycles. The summed E-state index contributed by atoms with van der Waals surface area (Å²) in [7, 11) is 0. The summed E-state index contributed by atoms with van der Waals surface area (Å²) in [6.07, 6.45) is 1.60. The first kappa shape index (κ1) is 8.45. The summed E-state index contributed by atoms with van der Waals surface area (Å²) in [6.45, 7) is 0. The number of carboxylic acid groups (broad SMARTS) is 1. The van der Waals surface area contributed by atoms with Crippen molar-refractivity contribution < 1.29 is 14.3 Å². The molecule has 12 heavy (non-hydrogen) atoms. The van der Waals surface area contributed by atoms with E-state index in [0.717, 1.165) is 6.20 Å². The zero-order valence-electron chi connectivity index (χ0n) is 6.00. The molecular formula is C7H6FNO3. The Hall–Kier alpha value is -1.65. The van der Waals surface area contributed by atoms with E-state index < -0.39 is 23.6 Å². The molecule has 0 aliphatic rings. The smallest absolute Gasteiger partial charge is 0.308 e. The molecule has 0 unspecified atom stereocenters. The van der Waals surface area contributed by atoms with Crippen LogP contribution in [0.5, 0.6) is 0 Å². The van der Waals surface area contributed by atoms with Crippen molar-refractivity contribution in [2.45, 2.75) is 6.42 Å². The highest BCUT2D eigenvalue weighted by molar-refractivity contribution is 5.69. The molecular weight excluding hydrogens is 165 g/mol. The minimum Gasteiger partial charge on any atom is -0.481 e. The summed E-state index contributed by atoms with van der Waals surface area (Å²) in [5.74, 6) is -2.13. The number of aromatic nitrogens is 1. The van der Waals surface area contributed by atoms with Crippen LogP contribution in [0.4, 0.5) is 4.39 Å². The van der Waals surface area contributed by atoms with Crippen LogP contribution in [-0.4, -0.2) is 16.1 Å². The van der Waals surface area contributed by atoms with Crippen LogP contribution in [0, 0.1) is 5.82 Å². The van der Waals surface area contributed by atoms with Crippen LogP contribution in [0.15, 0.2) is 17.2 Å². The zero-order chi connectivity index (χ0) is 9.14. The number of aromatic amines is 1. The Morgan fingerprint density at radius 1 is 1.58 bits per heavy atom. The Morgan fingerprint density at radius 2 is 2.25 bits per heavy atom. The van der Waals surface area contributed by atoms with Crippen LogP contribution in [-0.2, 0) is 11.2 Å². The van der Waals surface area contributed by atoms with Gasteiger partial charge in [0.1, 0.15) is 0 Å². The van der Waals surface area contributed by atoms with Gasteiger partial charge in [0.2, 0.25) is 5.43 Å². The molecule has 1 rings (SSSR count). The highest BCUT2D eigenvalue weighted by Gasteiger charge is 2.07. The van der Waals surface area contributed by atoms with E-state index in [1.165, 1.54) is 6.20 Å². The standard InChI is InChI=1S/C7H6FNO3/c8-5-3-9-2-4(7(5)12)1-6(10)11/h2-3H,1H2,(H,9,12)(H,10,11). The minimum atomic E-state index is -1.16. The first-order valence-corrected chi connectivity index (χ1v) is 3.18. The Balaban J connectivity index is 3.09. The summed E-state index contributed by atoms with van der Waals surface area (Å²) in [5.41, 5.74) is -0.946. The summed E-state index contributed by atoms with van der Waals surface area (Å²) in [6, 6.07) is 0. The number of hydrogen-bond donors (Lipinski definition) is 2. The Morgan fingerprint density at radius 3 is 2.83 bits per heavy atom. The van der Waals surface area contributed by atoms with E-state index in [1.807, 2.05) is 0 Å². The highest BCUT2D eigenvalue weighted by atomic mass is 19.1. The molecule has 1 aromatic heterocycles. The fourth-order valence-electron chi connectivity index (χ4n) is 0.794. The quantitative estimate of drug-likeness (QED) is 0.664. The van der Waals surface area contributed by atoms with Gasteiger partial charge in [-0.3, -0.25) is 9.59 Å². The maximum atomic E-state index is 12.5. The van der Waals surface area contributed by atoms with E-state index in [1.54, 1.807) is 0 Å². The molecule has 2 N–H and O–H groups in total. The van der Waals surface area contributed by atoms with Crippen LogP contribution >= 0.6 is 0 Å². The third kappa shape index (κ3) is 1.69. The van der Waals surface area contributed by atoms with Gasteiger partial charge < -0.3 is 10.1 Å². The molecule has 0 aliphatic carbocycles. The van der Waals surface area contributed by atoms with Crippen molar-refractivity contribution >= 4 is 5.97 Å². The maximum absolute atomic E-state index is 12.5. The predicted octanol–water partition coefficient (Wildman–Crippen LogP) is 0.141. The second-order valence-corrected chi connectivity index (χ2v) is 2.23. The van der Waals surface area contributed by atoms with Gasteiger partial charge in [0.15, 0.2) is 5.82 Å². The van der Waals surface area contributed by atoms with Crippen molar-refractivity contribution in [2.24, 2.45) is 0 Å². The normalized spacial score (nSPS) is 9.75. The van der Waals surface area contributed by atoms with Gasteiger partial charge in [-0.2, -0.15) is 0 Å². The van der Waals surface area contributed by atoms with Gasteiger partial charge >= 0.3 is 5.97 Å². The summed E-state index contributed by atoms with van der Waals surface area (Å²) >= 11 is 0. The van der Waals surface area contributed by atoms with Crippen molar-refractivity contribution in [3.05, 3.63) is 34.0 Å². The average Bonchev–Trinajstić information content (AvgIpc) is 1.98. The number of aliphatic carboxylic acids is 1.